The minimum absolute atomic E-state index is 0.00712. The number of rotatable bonds is 5. The number of carbonyl (C=O) groups excluding carboxylic acids is 1. The van der Waals surface area contributed by atoms with E-state index in [0.717, 1.165) is 18.4 Å². The second-order valence-electron chi connectivity index (χ2n) is 6.96. The third-order valence-corrected chi connectivity index (χ3v) is 5.37. The molecule has 26 heavy (non-hydrogen) atoms. The number of anilines is 1. The van der Waals surface area contributed by atoms with Crippen LogP contribution in [0.25, 0.3) is 0 Å². The molecular formula is C19H20N4O3. The van der Waals surface area contributed by atoms with Crippen molar-refractivity contribution in [2.75, 3.05) is 5.32 Å². The van der Waals surface area contributed by atoms with E-state index in [-0.39, 0.29) is 17.7 Å². The molecule has 7 heteroatoms. The van der Waals surface area contributed by atoms with Crippen molar-refractivity contribution in [3.05, 3.63) is 54.6 Å². The molecule has 1 amide bonds. The van der Waals surface area contributed by atoms with Crippen molar-refractivity contribution in [3.8, 4) is 0 Å². The summed E-state index contributed by atoms with van der Waals surface area (Å²) in [6.45, 7) is 0.604. The summed E-state index contributed by atoms with van der Waals surface area (Å²) in [5, 5.41) is 16.5. The predicted molar refractivity (Wildman–Crippen MR) is 94.2 cm³/mol. The lowest BCUT2D eigenvalue weighted by atomic mass is 9.62. The summed E-state index contributed by atoms with van der Waals surface area (Å²) in [7, 11) is 0. The van der Waals surface area contributed by atoms with Crippen LogP contribution in [-0.2, 0) is 16.1 Å². The zero-order valence-corrected chi connectivity index (χ0v) is 14.2. The van der Waals surface area contributed by atoms with Gasteiger partial charge in [-0.3, -0.25) is 9.59 Å². The van der Waals surface area contributed by atoms with Gasteiger partial charge >= 0.3 is 5.97 Å². The quantitative estimate of drug-likeness (QED) is 0.804. The third kappa shape index (κ3) is 3.12. The Balaban J connectivity index is 1.45. The van der Waals surface area contributed by atoms with Gasteiger partial charge in [-0.05, 0) is 42.4 Å². The topological polar surface area (TPSA) is 97.1 Å². The van der Waals surface area contributed by atoms with Crippen LogP contribution < -0.4 is 5.32 Å². The van der Waals surface area contributed by atoms with E-state index < -0.39 is 17.8 Å². The number of benzene rings is 1. The molecule has 134 valence electrons. The Morgan fingerprint density at radius 3 is 2.38 bits per heavy atom. The maximum absolute atomic E-state index is 12.8. The van der Waals surface area contributed by atoms with Crippen molar-refractivity contribution >= 4 is 17.6 Å². The van der Waals surface area contributed by atoms with Gasteiger partial charge in [-0.2, -0.15) is 5.10 Å². The van der Waals surface area contributed by atoms with Crippen molar-refractivity contribution in [1.82, 2.24) is 14.8 Å². The molecule has 7 nitrogen and oxygen atoms in total. The molecule has 1 aromatic heterocycles. The highest BCUT2D eigenvalue weighted by Crippen LogP contribution is 2.45. The van der Waals surface area contributed by atoms with Gasteiger partial charge < -0.3 is 10.4 Å². The summed E-state index contributed by atoms with van der Waals surface area (Å²) in [4.78, 5) is 28.4. The molecule has 3 aliphatic rings. The molecule has 1 aromatic carbocycles. The summed E-state index contributed by atoms with van der Waals surface area (Å²) in [6, 6.07) is 7.49. The molecule has 2 bridgehead atoms. The molecule has 4 atom stereocenters. The van der Waals surface area contributed by atoms with Crippen molar-refractivity contribution in [1.29, 1.82) is 0 Å². The highest BCUT2D eigenvalue weighted by Gasteiger charge is 2.48. The number of hydrogen-bond acceptors (Lipinski definition) is 4. The van der Waals surface area contributed by atoms with Crippen molar-refractivity contribution in [3.63, 3.8) is 0 Å². The minimum Gasteiger partial charge on any atom is -0.481 e. The van der Waals surface area contributed by atoms with Crippen molar-refractivity contribution < 1.29 is 14.7 Å². The van der Waals surface area contributed by atoms with Crippen LogP contribution in [-0.4, -0.2) is 31.7 Å². The molecule has 2 aromatic rings. The monoisotopic (exact) mass is 352 g/mol. The maximum atomic E-state index is 12.8. The van der Waals surface area contributed by atoms with E-state index in [1.807, 2.05) is 36.4 Å². The van der Waals surface area contributed by atoms with Gasteiger partial charge in [0.05, 0.1) is 18.4 Å². The van der Waals surface area contributed by atoms with Crippen LogP contribution in [0.15, 0.2) is 49.1 Å². The molecule has 1 saturated carbocycles. The molecule has 0 saturated heterocycles. The van der Waals surface area contributed by atoms with Crippen LogP contribution in [0, 0.1) is 23.7 Å². The predicted octanol–water partition coefficient (Wildman–Crippen LogP) is 2.18. The van der Waals surface area contributed by atoms with Crippen LogP contribution in [0.5, 0.6) is 0 Å². The number of allylic oxidation sites excluding steroid dienone is 2. The Morgan fingerprint density at radius 2 is 1.81 bits per heavy atom. The molecular weight excluding hydrogens is 332 g/mol. The van der Waals surface area contributed by atoms with E-state index in [1.165, 1.54) is 6.33 Å². The molecule has 0 spiro atoms. The number of hydrogen-bond donors (Lipinski definition) is 2. The van der Waals surface area contributed by atoms with E-state index in [4.69, 9.17) is 0 Å². The highest BCUT2D eigenvalue weighted by atomic mass is 16.4. The van der Waals surface area contributed by atoms with Crippen molar-refractivity contribution in [2.45, 2.75) is 19.4 Å². The van der Waals surface area contributed by atoms with E-state index in [2.05, 4.69) is 15.4 Å². The van der Waals surface area contributed by atoms with Crippen LogP contribution >= 0.6 is 0 Å². The Kier molecular flexibility index (Phi) is 4.28. The van der Waals surface area contributed by atoms with Gasteiger partial charge in [-0.1, -0.05) is 24.3 Å². The molecule has 3 aliphatic carbocycles. The van der Waals surface area contributed by atoms with E-state index >= 15 is 0 Å². The third-order valence-electron chi connectivity index (χ3n) is 5.37. The molecule has 0 radical (unpaired) electrons. The number of carboxylic acid groups (broad SMARTS) is 1. The lowest BCUT2D eigenvalue weighted by Gasteiger charge is -2.41. The molecule has 0 aliphatic heterocycles. The van der Waals surface area contributed by atoms with Gasteiger partial charge in [0.25, 0.3) is 0 Å². The summed E-state index contributed by atoms with van der Waals surface area (Å²) in [5.41, 5.74) is 1.71. The Bertz CT molecular complexity index is 829. The fourth-order valence-corrected chi connectivity index (χ4v) is 4.11. The van der Waals surface area contributed by atoms with Gasteiger partial charge in [0.1, 0.15) is 12.7 Å². The first-order valence-corrected chi connectivity index (χ1v) is 8.75. The molecule has 5 rings (SSSR count). The minimum atomic E-state index is -0.882. The fourth-order valence-electron chi connectivity index (χ4n) is 4.11. The summed E-state index contributed by atoms with van der Waals surface area (Å²) in [5.74, 6) is -2.27. The number of amides is 1. The lowest BCUT2D eigenvalue weighted by Crippen LogP contribution is -2.47. The number of carbonyl (C=O) groups is 2. The fraction of sp³-hybridized carbons (Fsp3) is 0.368. The number of aliphatic carboxylic acids is 1. The van der Waals surface area contributed by atoms with E-state index in [1.54, 1.807) is 11.0 Å². The Morgan fingerprint density at radius 1 is 1.12 bits per heavy atom. The smallest absolute Gasteiger partial charge is 0.307 e. The standard InChI is InChI=1S/C19H20N4O3/c24-18(16-13-3-5-14(6-4-13)17(16)19(25)26)22-15-7-1-12(2-8-15)9-23-11-20-10-21-23/h1-3,5,7-8,10-11,13-14,16-17H,4,6,9H2,(H,22,24)(H,25,26). The Labute approximate surface area is 150 Å². The number of fused-ring (bicyclic) bond motifs is 2. The number of nitrogens with one attached hydrogen (secondary N) is 1. The van der Waals surface area contributed by atoms with Gasteiger partial charge in [-0.25, -0.2) is 9.67 Å². The highest BCUT2D eigenvalue weighted by molar-refractivity contribution is 5.96. The average Bonchev–Trinajstić information content (AvgIpc) is 3.16. The van der Waals surface area contributed by atoms with E-state index in [9.17, 15) is 14.7 Å². The first kappa shape index (κ1) is 16.5. The Hall–Kier alpha value is -2.96. The number of nitrogens with zero attached hydrogens (tertiary/aromatic N) is 3. The zero-order valence-electron chi connectivity index (χ0n) is 14.2. The van der Waals surface area contributed by atoms with Gasteiger partial charge in [0.2, 0.25) is 5.91 Å². The summed E-state index contributed by atoms with van der Waals surface area (Å²) < 4.78 is 1.72. The van der Waals surface area contributed by atoms with Crippen LogP contribution in [0.3, 0.4) is 0 Å². The first-order chi connectivity index (χ1) is 12.6. The lowest BCUT2D eigenvalue weighted by molar-refractivity contribution is -0.151. The molecule has 1 fully saturated rings. The SMILES string of the molecule is O=C(O)C1C2C=CC(CC2)C1C(=O)Nc1ccc(Cn2cncn2)cc1. The zero-order chi connectivity index (χ0) is 18.1. The second kappa shape index (κ2) is 6.74. The van der Waals surface area contributed by atoms with Crippen LogP contribution in [0.2, 0.25) is 0 Å². The molecule has 1 heterocycles. The first-order valence-electron chi connectivity index (χ1n) is 8.75. The molecule has 2 N–H and O–H groups in total. The second-order valence-corrected chi connectivity index (χ2v) is 6.96. The van der Waals surface area contributed by atoms with Crippen molar-refractivity contribution in [2.24, 2.45) is 23.7 Å². The van der Waals surface area contributed by atoms with Crippen LogP contribution in [0.1, 0.15) is 18.4 Å². The van der Waals surface area contributed by atoms with Gasteiger partial charge in [0, 0.05) is 5.69 Å². The average molecular weight is 352 g/mol. The number of carboxylic acids is 1. The normalized spacial score (nSPS) is 26.6. The van der Waals surface area contributed by atoms with Gasteiger partial charge in [-0.15, -0.1) is 0 Å². The largest absolute Gasteiger partial charge is 0.481 e. The summed E-state index contributed by atoms with van der Waals surface area (Å²) >= 11 is 0. The van der Waals surface area contributed by atoms with Gasteiger partial charge in [0.15, 0.2) is 0 Å². The van der Waals surface area contributed by atoms with E-state index in [0.29, 0.717) is 12.2 Å². The summed E-state index contributed by atoms with van der Waals surface area (Å²) in [6.07, 6.45) is 8.83. The molecule has 4 unspecified atom stereocenters. The maximum Gasteiger partial charge on any atom is 0.307 e. The van der Waals surface area contributed by atoms with Crippen LogP contribution in [0.4, 0.5) is 5.69 Å². The number of aromatic nitrogens is 3.